The third-order valence-corrected chi connectivity index (χ3v) is 4.08. The Hall–Kier alpha value is -1.10. The molecule has 0 bridgehead atoms. The maximum atomic E-state index is 10.9. The summed E-state index contributed by atoms with van der Waals surface area (Å²) in [6, 6.07) is 0. The van der Waals surface area contributed by atoms with Gasteiger partial charge in [-0.3, -0.25) is 9.51 Å². The molecule has 2 aliphatic rings. The molecule has 0 amide bonds. The van der Waals surface area contributed by atoms with Gasteiger partial charge in [-0.15, -0.1) is 0 Å². The minimum Gasteiger partial charge on any atom is -0.329 e. The highest BCUT2D eigenvalue weighted by Crippen LogP contribution is 2.73. The second kappa shape index (κ2) is 2.28. The van der Waals surface area contributed by atoms with Crippen LogP contribution in [0.5, 0.6) is 0 Å². The number of aromatic amines is 1. The fraction of sp³-hybridized carbons (Fsp3) is 0.778. The Labute approximate surface area is 80.7 Å². The Bertz CT molecular complexity index is 418. The molecule has 1 aromatic heterocycles. The predicted octanol–water partition coefficient (Wildman–Crippen LogP) is 0.133. The molecular weight excluding hydrogens is 182 g/mol. The maximum absolute atomic E-state index is 10.9. The Balaban J connectivity index is 2.00. The number of nitrogens with zero attached hydrogens (tertiary/aromatic N) is 1. The van der Waals surface area contributed by atoms with E-state index in [9.17, 15) is 4.79 Å². The first-order chi connectivity index (χ1) is 6.72. The molecule has 14 heavy (non-hydrogen) atoms. The van der Waals surface area contributed by atoms with Crippen LogP contribution in [0.15, 0.2) is 9.32 Å². The maximum Gasteiger partial charge on any atom is 0.438 e. The van der Waals surface area contributed by atoms with E-state index in [0.717, 1.165) is 6.42 Å². The first-order valence-electron chi connectivity index (χ1n) is 4.99. The molecule has 5 heteroatoms. The van der Waals surface area contributed by atoms with E-state index < -0.39 is 5.76 Å². The number of H-pyrrole nitrogens is 1. The van der Waals surface area contributed by atoms with Crippen LogP contribution in [0.1, 0.15) is 31.5 Å². The van der Waals surface area contributed by atoms with Crippen molar-refractivity contribution in [1.29, 1.82) is 0 Å². The monoisotopic (exact) mass is 195 g/mol. The van der Waals surface area contributed by atoms with Crippen molar-refractivity contribution >= 4 is 0 Å². The lowest BCUT2D eigenvalue weighted by atomic mass is 9.75. The van der Waals surface area contributed by atoms with Crippen LogP contribution in [-0.2, 0) is 5.41 Å². The van der Waals surface area contributed by atoms with Crippen molar-refractivity contribution in [3.63, 3.8) is 0 Å². The molecule has 76 valence electrons. The summed E-state index contributed by atoms with van der Waals surface area (Å²) in [7, 11) is 0. The van der Waals surface area contributed by atoms with Gasteiger partial charge in [-0.05, 0) is 24.7 Å². The van der Waals surface area contributed by atoms with Crippen molar-refractivity contribution in [2.45, 2.75) is 31.1 Å². The van der Waals surface area contributed by atoms with Gasteiger partial charge >= 0.3 is 5.76 Å². The van der Waals surface area contributed by atoms with Crippen molar-refractivity contribution in [2.75, 3.05) is 6.54 Å². The van der Waals surface area contributed by atoms with Crippen LogP contribution in [0, 0.1) is 5.41 Å². The quantitative estimate of drug-likeness (QED) is 0.702. The summed E-state index contributed by atoms with van der Waals surface area (Å²) in [5.41, 5.74) is 6.04. The minimum atomic E-state index is -0.478. The lowest BCUT2D eigenvalue weighted by Crippen LogP contribution is -2.33. The molecule has 2 aliphatic carbocycles. The van der Waals surface area contributed by atoms with Gasteiger partial charge in [0.25, 0.3) is 0 Å². The molecule has 0 saturated heterocycles. The molecular formula is C9H13N3O2. The van der Waals surface area contributed by atoms with Crippen LogP contribution in [0.2, 0.25) is 0 Å². The molecule has 1 atom stereocenters. The van der Waals surface area contributed by atoms with Gasteiger partial charge in [0, 0.05) is 6.54 Å². The van der Waals surface area contributed by atoms with E-state index in [1.54, 1.807) is 0 Å². The molecule has 0 radical (unpaired) electrons. The summed E-state index contributed by atoms with van der Waals surface area (Å²) in [5, 5.41) is 3.78. The molecule has 1 heterocycles. The molecule has 1 unspecified atom stereocenters. The van der Waals surface area contributed by atoms with Gasteiger partial charge in [-0.2, -0.15) is 0 Å². The van der Waals surface area contributed by atoms with E-state index in [1.165, 1.54) is 19.3 Å². The smallest absolute Gasteiger partial charge is 0.329 e. The summed E-state index contributed by atoms with van der Waals surface area (Å²) in [6.45, 7) is 0.551. The van der Waals surface area contributed by atoms with Crippen molar-refractivity contribution in [3.05, 3.63) is 16.4 Å². The van der Waals surface area contributed by atoms with Gasteiger partial charge in [-0.25, -0.2) is 4.79 Å². The van der Waals surface area contributed by atoms with Crippen LogP contribution in [0.3, 0.4) is 0 Å². The standard InChI is InChI=1S/C9H13N3O2/c10-5-9(4-8(9)2-1-3-8)6-11-7(13)14-12-6/h1-5,10H2,(H,11,12,13). The van der Waals surface area contributed by atoms with Gasteiger partial charge in [0.15, 0.2) is 5.82 Å². The zero-order valence-corrected chi connectivity index (χ0v) is 7.88. The van der Waals surface area contributed by atoms with E-state index in [4.69, 9.17) is 5.73 Å². The molecule has 2 fully saturated rings. The van der Waals surface area contributed by atoms with Crippen LogP contribution < -0.4 is 11.5 Å². The number of nitrogens with two attached hydrogens (primary N) is 1. The first-order valence-corrected chi connectivity index (χ1v) is 4.99. The van der Waals surface area contributed by atoms with Crippen LogP contribution >= 0.6 is 0 Å². The largest absolute Gasteiger partial charge is 0.438 e. The van der Waals surface area contributed by atoms with Crippen LogP contribution in [-0.4, -0.2) is 16.7 Å². The van der Waals surface area contributed by atoms with Crippen molar-refractivity contribution < 1.29 is 4.52 Å². The molecule has 5 nitrogen and oxygen atoms in total. The zero-order valence-electron chi connectivity index (χ0n) is 7.88. The highest BCUT2D eigenvalue weighted by molar-refractivity contribution is 5.32. The molecule has 3 N–H and O–H groups in total. The van der Waals surface area contributed by atoms with E-state index >= 15 is 0 Å². The topological polar surface area (TPSA) is 84.9 Å². The molecule has 1 spiro atoms. The molecule has 1 aromatic rings. The second-order valence-electron chi connectivity index (χ2n) is 4.54. The molecule has 0 aromatic carbocycles. The summed E-state index contributed by atoms with van der Waals surface area (Å²) >= 11 is 0. The van der Waals surface area contributed by atoms with E-state index in [2.05, 4.69) is 14.7 Å². The summed E-state index contributed by atoms with van der Waals surface area (Å²) in [6.07, 6.45) is 4.74. The fourth-order valence-electron chi connectivity index (χ4n) is 2.95. The lowest BCUT2D eigenvalue weighted by Gasteiger charge is -2.30. The number of aromatic nitrogens is 2. The highest BCUT2D eigenvalue weighted by atomic mass is 16.5. The summed E-state index contributed by atoms with van der Waals surface area (Å²) in [4.78, 5) is 13.5. The summed E-state index contributed by atoms with van der Waals surface area (Å²) in [5.74, 6) is 0.180. The minimum absolute atomic E-state index is 0.0859. The van der Waals surface area contributed by atoms with Crippen LogP contribution in [0.4, 0.5) is 0 Å². The van der Waals surface area contributed by atoms with Gasteiger partial charge in [-0.1, -0.05) is 11.6 Å². The van der Waals surface area contributed by atoms with Crippen molar-refractivity contribution in [2.24, 2.45) is 11.1 Å². The SMILES string of the molecule is NCC1(c2noc(=O)[nH]2)CC12CCC2. The number of nitrogens with one attached hydrogen (secondary N) is 1. The van der Waals surface area contributed by atoms with Gasteiger partial charge in [0.05, 0.1) is 5.41 Å². The molecule has 3 rings (SSSR count). The Morgan fingerprint density at radius 2 is 2.36 bits per heavy atom. The Morgan fingerprint density at radius 1 is 1.57 bits per heavy atom. The van der Waals surface area contributed by atoms with Gasteiger partial charge in [0.1, 0.15) is 0 Å². The van der Waals surface area contributed by atoms with Gasteiger partial charge < -0.3 is 5.73 Å². The second-order valence-corrected chi connectivity index (χ2v) is 4.54. The van der Waals surface area contributed by atoms with E-state index in [1.807, 2.05) is 0 Å². The van der Waals surface area contributed by atoms with E-state index in [0.29, 0.717) is 17.8 Å². The van der Waals surface area contributed by atoms with Crippen LogP contribution in [0.25, 0.3) is 0 Å². The molecule has 2 saturated carbocycles. The third kappa shape index (κ3) is 0.744. The highest BCUT2D eigenvalue weighted by Gasteiger charge is 2.71. The number of hydrogen-bond acceptors (Lipinski definition) is 4. The van der Waals surface area contributed by atoms with Crippen molar-refractivity contribution in [1.82, 2.24) is 10.1 Å². The predicted molar refractivity (Wildman–Crippen MR) is 48.8 cm³/mol. The zero-order chi connectivity index (χ0) is 9.81. The number of rotatable bonds is 2. The lowest BCUT2D eigenvalue weighted by molar-refractivity contribution is 0.234. The van der Waals surface area contributed by atoms with Crippen molar-refractivity contribution in [3.8, 4) is 0 Å². The van der Waals surface area contributed by atoms with Gasteiger partial charge in [0.2, 0.25) is 0 Å². The third-order valence-electron chi connectivity index (χ3n) is 4.08. The number of hydrogen-bond donors (Lipinski definition) is 2. The average Bonchev–Trinajstić information content (AvgIpc) is 2.68. The Morgan fingerprint density at radius 3 is 2.71 bits per heavy atom. The average molecular weight is 195 g/mol. The first kappa shape index (κ1) is 8.23. The normalized spacial score (nSPS) is 32.9. The fourth-order valence-corrected chi connectivity index (χ4v) is 2.95. The molecule has 0 aliphatic heterocycles. The summed E-state index contributed by atoms with van der Waals surface area (Å²) < 4.78 is 4.54. The van der Waals surface area contributed by atoms with E-state index in [-0.39, 0.29) is 5.41 Å². The Kier molecular flexibility index (Phi) is 1.34.